The molecule has 134 valence electrons. The van der Waals surface area contributed by atoms with Gasteiger partial charge in [-0.25, -0.2) is 8.42 Å². The molecule has 3 heterocycles. The molecule has 1 aromatic carbocycles. The van der Waals surface area contributed by atoms with Crippen molar-refractivity contribution in [2.75, 3.05) is 23.9 Å². The van der Waals surface area contributed by atoms with Gasteiger partial charge in [0.1, 0.15) is 12.7 Å². The van der Waals surface area contributed by atoms with Crippen LogP contribution in [0.15, 0.2) is 33.9 Å². The summed E-state index contributed by atoms with van der Waals surface area (Å²) in [7, 11) is -2.88. The Balaban J connectivity index is 1.29. The first-order valence-electron chi connectivity index (χ1n) is 8.11. The van der Waals surface area contributed by atoms with Gasteiger partial charge >= 0.3 is 0 Å². The molecule has 0 unspecified atom stereocenters. The number of ether oxygens (including phenoxy) is 2. The van der Waals surface area contributed by atoms with Crippen LogP contribution in [0.2, 0.25) is 0 Å². The van der Waals surface area contributed by atoms with Gasteiger partial charge in [-0.2, -0.15) is 0 Å². The van der Waals surface area contributed by atoms with Crippen molar-refractivity contribution in [2.24, 2.45) is 5.92 Å². The molecule has 1 saturated heterocycles. The molecule has 2 aliphatic heterocycles. The van der Waals surface area contributed by atoms with E-state index >= 15 is 0 Å². The number of sulfone groups is 1. The van der Waals surface area contributed by atoms with Crippen LogP contribution < -0.4 is 9.47 Å². The number of rotatable bonds is 5. The monoisotopic (exact) mass is 382 g/mol. The lowest BCUT2D eigenvalue weighted by atomic mass is 10.1. The summed E-state index contributed by atoms with van der Waals surface area (Å²) in [6.45, 7) is 0.477. The van der Waals surface area contributed by atoms with Gasteiger partial charge in [0.2, 0.25) is 5.89 Å². The molecule has 25 heavy (non-hydrogen) atoms. The Morgan fingerprint density at radius 1 is 1.20 bits per heavy atom. The summed E-state index contributed by atoms with van der Waals surface area (Å²) < 4.78 is 40.2. The van der Waals surface area contributed by atoms with Crippen LogP contribution >= 0.6 is 11.8 Å². The van der Waals surface area contributed by atoms with Gasteiger partial charge in [0.05, 0.1) is 11.5 Å². The van der Waals surface area contributed by atoms with Crippen LogP contribution in [-0.2, 0) is 16.3 Å². The van der Waals surface area contributed by atoms with Gasteiger partial charge in [0.25, 0.3) is 5.22 Å². The average molecular weight is 382 g/mol. The van der Waals surface area contributed by atoms with E-state index in [0.717, 1.165) is 11.5 Å². The zero-order valence-electron chi connectivity index (χ0n) is 13.5. The molecule has 7 nitrogen and oxygen atoms in total. The highest BCUT2D eigenvalue weighted by Crippen LogP contribution is 2.32. The molecule has 9 heteroatoms. The van der Waals surface area contributed by atoms with E-state index in [-0.39, 0.29) is 23.5 Å². The number of hydrogen-bond acceptors (Lipinski definition) is 8. The number of hydrogen-bond donors (Lipinski definition) is 0. The van der Waals surface area contributed by atoms with E-state index in [9.17, 15) is 8.42 Å². The van der Waals surface area contributed by atoms with Crippen LogP contribution in [-0.4, -0.2) is 48.6 Å². The molecule has 2 aromatic rings. The number of para-hydroxylation sites is 2. The second-order valence-electron chi connectivity index (χ2n) is 6.24. The van der Waals surface area contributed by atoms with Crippen molar-refractivity contribution < 1.29 is 22.3 Å². The fourth-order valence-electron chi connectivity index (χ4n) is 2.97. The molecule has 1 fully saturated rings. The first-order valence-corrected chi connectivity index (χ1v) is 10.9. The molecule has 2 atom stereocenters. The van der Waals surface area contributed by atoms with E-state index in [1.54, 1.807) is 0 Å². The van der Waals surface area contributed by atoms with Crippen molar-refractivity contribution in [2.45, 2.75) is 24.2 Å². The summed E-state index contributed by atoms with van der Waals surface area (Å²) in [6, 6.07) is 7.58. The minimum atomic E-state index is -2.88. The smallest absolute Gasteiger partial charge is 0.276 e. The zero-order chi connectivity index (χ0) is 17.3. The molecule has 0 radical (unpaired) electrons. The van der Waals surface area contributed by atoms with Crippen molar-refractivity contribution >= 4 is 21.6 Å². The van der Waals surface area contributed by atoms with E-state index in [4.69, 9.17) is 13.9 Å². The van der Waals surface area contributed by atoms with Crippen LogP contribution in [0.5, 0.6) is 11.5 Å². The quantitative estimate of drug-likeness (QED) is 0.725. The highest BCUT2D eigenvalue weighted by atomic mass is 32.2. The Labute approximate surface area is 150 Å². The molecular formula is C16H18N2O5S2. The Hall–Kier alpha value is -1.74. The number of thioether (sulfide) groups is 1. The average Bonchev–Trinajstić information content (AvgIpc) is 3.19. The molecule has 1 aromatic heterocycles. The summed E-state index contributed by atoms with van der Waals surface area (Å²) in [5.74, 6) is 3.18. The van der Waals surface area contributed by atoms with Crippen LogP contribution in [0, 0.1) is 5.92 Å². The van der Waals surface area contributed by atoms with E-state index in [0.29, 0.717) is 36.3 Å². The lowest BCUT2D eigenvalue weighted by Crippen LogP contribution is -2.31. The molecular weight excluding hydrogens is 364 g/mol. The number of benzene rings is 1. The molecule has 2 aliphatic rings. The van der Waals surface area contributed by atoms with Crippen molar-refractivity contribution in [1.29, 1.82) is 0 Å². The predicted octanol–water partition coefficient (Wildman–Crippen LogP) is 1.98. The molecule has 4 rings (SSSR count). The fraction of sp³-hybridized carbons (Fsp3) is 0.500. The fourth-order valence-corrected chi connectivity index (χ4v) is 5.58. The standard InChI is InChI=1S/C16H18N2O5S2/c19-25(20)6-5-11(10-25)7-15-17-18-16(23-15)24-9-12-8-21-13-3-1-2-4-14(13)22-12/h1-4,11-12H,5-10H2/t11-,12-/m1/s1. The van der Waals surface area contributed by atoms with Gasteiger partial charge in [-0.15, -0.1) is 10.2 Å². The molecule has 0 saturated carbocycles. The van der Waals surface area contributed by atoms with Gasteiger partial charge in [-0.05, 0) is 24.5 Å². The van der Waals surface area contributed by atoms with E-state index in [1.165, 1.54) is 11.8 Å². The van der Waals surface area contributed by atoms with Gasteiger partial charge in [0, 0.05) is 12.2 Å². The van der Waals surface area contributed by atoms with Crippen LogP contribution in [0.4, 0.5) is 0 Å². The van der Waals surface area contributed by atoms with Crippen molar-refractivity contribution in [3.05, 3.63) is 30.2 Å². The highest BCUT2D eigenvalue weighted by Gasteiger charge is 2.29. The Bertz CT molecular complexity index is 852. The summed E-state index contributed by atoms with van der Waals surface area (Å²) in [4.78, 5) is 0. The zero-order valence-corrected chi connectivity index (χ0v) is 15.1. The third-order valence-electron chi connectivity index (χ3n) is 4.20. The minimum absolute atomic E-state index is 0.0786. The normalized spacial score (nSPS) is 24.3. The molecule has 0 bridgehead atoms. The van der Waals surface area contributed by atoms with Gasteiger partial charge in [-0.3, -0.25) is 0 Å². The maximum atomic E-state index is 11.5. The maximum absolute atomic E-state index is 11.5. The Morgan fingerprint density at radius 3 is 2.84 bits per heavy atom. The highest BCUT2D eigenvalue weighted by molar-refractivity contribution is 7.99. The second kappa shape index (κ2) is 6.87. The number of aromatic nitrogens is 2. The lowest BCUT2D eigenvalue weighted by molar-refractivity contribution is 0.107. The Morgan fingerprint density at radius 2 is 2.04 bits per heavy atom. The first-order chi connectivity index (χ1) is 12.1. The number of fused-ring (bicyclic) bond motifs is 1. The van der Waals surface area contributed by atoms with Gasteiger partial charge in [0.15, 0.2) is 21.3 Å². The summed E-state index contributed by atoms with van der Waals surface area (Å²) in [5, 5.41) is 8.52. The van der Waals surface area contributed by atoms with E-state index < -0.39 is 9.84 Å². The van der Waals surface area contributed by atoms with Crippen LogP contribution in [0.3, 0.4) is 0 Å². The van der Waals surface area contributed by atoms with Gasteiger partial charge < -0.3 is 13.9 Å². The lowest BCUT2D eigenvalue weighted by Gasteiger charge is -2.25. The largest absolute Gasteiger partial charge is 0.486 e. The Kier molecular flexibility index (Phi) is 4.60. The third-order valence-corrected chi connectivity index (χ3v) is 6.99. The third kappa shape index (κ3) is 4.09. The predicted molar refractivity (Wildman–Crippen MR) is 91.8 cm³/mol. The molecule has 0 N–H and O–H groups in total. The van der Waals surface area contributed by atoms with Crippen LogP contribution in [0.25, 0.3) is 0 Å². The maximum Gasteiger partial charge on any atom is 0.276 e. The van der Waals surface area contributed by atoms with Crippen molar-refractivity contribution in [3.63, 3.8) is 0 Å². The second-order valence-corrected chi connectivity index (χ2v) is 9.44. The molecule has 0 amide bonds. The summed E-state index contributed by atoms with van der Waals surface area (Å²) >= 11 is 1.42. The minimum Gasteiger partial charge on any atom is -0.486 e. The van der Waals surface area contributed by atoms with Gasteiger partial charge in [-0.1, -0.05) is 23.9 Å². The number of nitrogens with zero attached hydrogens (tertiary/aromatic N) is 2. The molecule has 0 spiro atoms. The van der Waals surface area contributed by atoms with Crippen LogP contribution in [0.1, 0.15) is 12.3 Å². The summed E-state index contributed by atoms with van der Waals surface area (Å²) in [6.07, 6.45) is 1.10. The van der Waals surface area contributed by atoms with Crippen molar-refractivity contribution in [3.8, 4) is 11.5 Å². The van der Waals surface area contributed by atoms with E-state index in [2.05, 4.69) is 10.2 Å². The SMILES string of the molecule is O=S1(=O)CC[C@H](Cc2nnc(SC[C@H]3COc4ccccc4O3)o2)C1. The molecule has 0 aliphatic carbocycles. The van der Waals surface area contributed by atoms with Crippen molar-refractivity contribution in [1.82, 2.24) is 10.2 Å². The van der Waals surface area contributed by atoms with E-state index in [1.807, 2.05) is 24.3 Å². The summed E-state index contributed by atoms with van der Waals surface area (Å²) in [5.41, 5.74) is 0. The first kappa shape index (κ1) is 16.7. The topological polar surface area (TPSA) is 91.5 Å².